The fourth-order valence-corrected chi connectivity index (χ4v) is 1.88. The Kier molecular flexibility index (Phi) is 5.68. The quantitative estimate of drug-likeness (QED) is 0.861. The van der Waals surface area contributed by atoms with Crippen molar-refractivity contribution in [3.63, 3.8) is 0 Å². The average Bonchev–Trinajstić information content (AvgIpc) is 2.55. The van der Waals surface area contributed by atoms with Crippen molar-refractivity contribution in [3.05, 3.63) is 59.9 Å². The molecule has 0 saturated carbocycles. The number of benzene rings is 2. The summed E-state index contributed by atoms with van der Waals surface area (Å²) < 4.78 is 18.0. The molecule has 0 unspecified atom stereocenters. The number of anilines is 1. The van der Waals surface area contributed by atoms with Crippen molar-refractivity contribution >= 4 is 17.5 Å². The number of hydrogen-bond donors (Lipinski definition) is 2. The monoisotopic (exact) mass is 316 g/mol. The maximum atomic E-state index is 12.8. The second kappa shape index (κ2) is 7.93. The molecule has 2 N–H and O–H groups in total. The number of carbonyl (C=O) groups is 2. The van der Waals surface area contributed by atoms with E-state index in [2.05, 4.69) is 10.6 Å². The van der Waals surface area contributed by atoms with Crippen molar-refractivity contribution in [1.29, 1.82) is 0 Å². The maximum absolute atomic E-state index is 12.8. The van der Waals surface area contributed by atoms with Crippen LogP contribution in [0, 0.1) is 5.82 Å². The van der Waals surface area contributed by atoms with Crippen LogP contribution < -0.4 is 15.4 Å². The van der Waals surface area contributed by atoms with Crippen molar-refractivity contribution in [2.45, 2.75) is 6.92 Å². The number of rotatable bonds is 6. The summed E-state index contributed by atoms with van der Waals surface area (Å²) in [4.78, 5) is 23.6. The van der Waals surface area contributed by atoms with E-state index in [9.17, 15) is 14.0 Å². The molecule has 2 amide bonds. The Bertz CT molecular complexity index is 686. The second-order valence-electron chi connectivity index (χ2n) is 4.73. The normalized spacial score (nSPS) is 10.0. The van der Waals surface area contributed by atoms with Gasteiger partial charge in [-0.25, -0.2) is 4.39 Å². The summed E-state index contributed by atoms with van der Waals surface area (Å²) in [6, 6.07) is 12.0. The van der Waals surface area contributed by atoms with Crippen LogP contribution in [-0.4, -0.2) is 25.0 Å². The third-order valence-corrected chi connectivity index (χ3v) is 2.93. The van der Waals surface area contributed by atoms with Gasteiger partial charge in [-0.2, -0.15) is 0 Å². The molecule has 0 aliphatic rings. The van der Waals surface area contributed by atoms with Gasteiger partial charge in [-0.3, -0.25) is 9.59 Å². The van der Waals surface area contributed by atoms with E-state index in [1.54, 1.807) is 24.3 Å². The summed E-state index contributed by atoms with van der Waals surface area (Å²) in [6.45, 7) is 2.15. The molecule has 23 heavy (non-hydrogen) atoms. The van der Waals surface area contributed by atoms with Crippen molar-refractivity contribution < 1.29 is 18.7 Å². The fourth-order valence-electron chi connectivity index (χ4n) is 1.88. The Morgan fingerprint density at radius 1 is 1.13 bits per heavy atom. The zero-order valence-corrected chi connectivity index (χ0v) is 12.6. The first kappa shape index (κ1) is 16.5. The molecular weight excluding hydrogens is 299 g/mol. The summed E-state index contributed by atoms with van der Waals surface area (Å²) in [6.07, 6.45) is 0. The lowest BCUT2D eigenvalue weighted by Gasteiger charge is -2.09. The maximum Gasteiger partial charge on any atom is 0.262 e. The molecule has 2 aromatic carbocycles. The molecule has 0 spiro atoms. The fraction of sp³-hybridized carbons (Fsp3) is 0.176. The molecule has 6 heteroatoms. The van der Waals surface area contributed by atoms with E-state index in [0.717, 1.165) is 0 Å². The van der Waals surface area contributed by atoms with Gasteiger partial charge in [-0.1, -0.05) is 6.07 Å². The van der Waals surface area contributed by atoms with Crippen molar-refractivity contribution in [2.24, 2.45) is 0 Å². The molecule has 0 aromatic heterocycles. The molecule has 0 radical (unpaired) electrons. The first-order valence-electron chi connectivity index (χ1n) is 7.15. The summed E-state index contributed by atoms with van der Waals surface area (Å²) in [5.74, 6) is -0.546. The molecule has 0 fully saturated rings. The van der Waals surface area contributed by atoms with Crippen molar-refractivity contribution in [1.82, 2.24) is 5.32 Å². The Hall–Kier alpha value is -2.89. The van der Waals surface area contributed by atoms with Gasteiger partial charge in [0.25, 0.3) is 11.8 Å². The number of halogens is 1. The van der Waals surface area contributed by atoms with E-state index in [4.69, 9.17) is 4.74 Å². The zero-order chi connectivity index (χ0) is 16.7. The van der Waals surface area contributed by atoms with Crippen LogP contribution in [0.5, 0.6) is 5.75 Å². The van der Waals surface area contributed by atoms with Gasteiger partial charge in [0.2, 0.25) is 0 Å². The lowest BCUT2D eigenvalue weighted by atomic mass is 10.2. The zero-order valence-electron chi connectivity index (χ0n) is 12.6. The molecule has 2 aromatic rings. The number of hydrogen-bond acceptors (Lipinski definition) is 3. The van der Waals surface area contributed by atoms with E-state index in [0.29, 0.717) is 23.5 Å². The van der Waals surface area contributed by atoms with Crippen LogP contribution in [0.1, 0.15) is 17.3 Å². The summed E-state index contributed by atoms with van der Waals surface area (Å²) in [5, 5.41) is 5.33. The molecule has 0 bridgehead atoms. The van der Waals surface area contributed by atoms with E-state index >= 15 is 0 Å². The lowest BCUT2D eigenvalue weighted by molar-refractivity contribution is -0.118. The molecule has 120 valence electrons. The molecule has 0 atom stereocenters. The van der Waals surface area contributed by atoms with Gasteiger partial charge in [0.15, 0.2) is 6.61 Å². The summed E-state index contributed by atoms with van der Waals surface area (Å²) in [7, 11) is 0. The van der Waals surface area contributed by atoms with E-state index < -0.39 is 0 Å². The van der Waals surface area contributed by atoms with Crippen LogP contribution in [0.2, 0.25) is 0 Å². The molecular formula is C17H17FN2O3. The Labute approximate surface area is 133 Å². The predicted octanol–water partition coefficient (Wildman–Crippen LogP) is 2.59. The van der Waals surface area contributed by atoms with Gasteiger partial charge in [0.05, 0.1) is 0 Å². The highest BCUT2D eigenvalue weighted by molar-refractivity contribution is 5.97. The summed E-state index contributed by atoms with van der Waals surface area (Å²) >= 11 is 0. The standard InChI is InChI=1S/C17H17FN2O3/c1-2-19-17(22)12-4-3-5-14(10-12)20-16(21)11-23-15-8-6-13(18)7-9-15/h3-10H,2,11H2,1H3,(H,19,22)(H,20,21). The highest BCUT2D eigenvalue weighted by atomic mass is 19.1. The SMILES string of the molecule is CCNC(=O)c1cccc(NC(=O)COc2ccc(F)cc2)c1. The molecule has 0 aliphatic carbocycles. The molecule has 0 saturated heterocycles. The third kappa shape index (κ3) is 5.10. The van der Waals surface area contributed by atoms with Crippen LogP contribution in [-0.2, 0) is 4.79 Å². The minimum atomic E-state index is -0.373. The number of carbonyl (C=O) groups excluding carboxylic acids is 2. The van der Waals surface area contributed by atoms with Crippen LogP contribution in [0.3, 0.4) is 0 Å². The van der Waals surface area contributed by atoms with Crippen LogP contribution in [0.4, 0.5) is 10.1 Å². The lowest BCUT2D eigenvalue weighted by Crippen LogP contribution is -2.23. The van der Waals surface area contributed by atoms with Gasteiger partial charge in [-0.05, 0) is 49.4 Å². The minimum Gasteiger partial charge on any atom is -0.484 e. The number of nitrogens with one attached hydrogen (secondary N) is 2. The van der Waals surface area contributed by atoms with Crippen LogP contribution >= 0.6 is 0 Å². The highest BCUT2D eigenvalue weighted by Crippen LogP contribution is 2.13. The largest absolute Gasteiger partial charge is 0.484 e. The van der Waals surface area contributed by atoms with E-state index in [-0.39, 0.29) is 24.2 Å². The van der Waals surface area contributed by atoms with E-state index in [1.807, 2.05) is 6.92 Å². The third-order valence-electron chi connectivity index (χ3n) is 2.93. The summed E-state index contributed by atoms with van der Waals surface area (Å²) in [5.41, 5.74) is 0.963. The molecule has 2 rings (SSSR count). The van der Waals surface area contributed by atoms with E-state index in [1.165, 1.54) is 24.3 Å². The Morgan fingerprint density at radius 2 is 1.87 bits per heavy atom. The van der Waals surface area contributed by atoms with Crippen molar-refractivity contribution in [2.75, 3.05) is 18.5 Å². The van der Waals surface area contributed by atoms with Gasteiger partial charge < -0.3 is 15.4 Å². The van der Waals surface area contributed by atoms with Crippen LogP contribution in [0.15, 0.2) is 48.5 Å². The highest BCUT2D eigenvalue weighted by Gasteiger charge is 2.07. The van der Waals surface area contributed by atoms with Crippen LogP contribution in [0.25, 0.3) is 0 Å². The number of amides is 2. The Morgan fingerprint density at radius 3 is 2.57 bits per heavy atom. The predicted molar refractivity (Wildman–Crippen MR) is 85.0 cm³/mol. The first-order chi connectivity index (χ1) is 11.1. The van der Waals surface area contributed by atoms with Gasteiger partial charge in [0, 0.05) is 17.8 Å². The smallest absolute Gasteiger partial charge is 0.262 e. The molecule has 0 heterocycles. The van der Waals surface area contributed by atoms with Gasteiger partial charge >= 0.3 is 0 Å². The second-order valence-corrected chi connectivity index (χ2v) is 4.73. The minimum absolute atomic E-state index is 0.203. The molecule has 5 nitrogen and oxygen atoms in total. The topological polar surface area (TPSA) is 67.4 Å². The van der Waals surface area contributed by atoms with Gasteiger partial charge in [0.1, 0.15) is 11.6 Å². The van der Waals surface area contributed by atoms with Crippen molar-refractivity contribution in [3.8, 4) is 5.75 Å². The molecule has 0 aliphatic heterocycles. The number of ether oxygens (including phenoxy) is 1. The first-order valence-corrected chi connectivity index (χ1v) is 7.15. The Balaban J connectivity index is 1.91. The van der Waals surface area contributed by atoms with Gasteiger partial charge in [-0.15, -0.1) is 0 Å². The average molecular weight is 316 g/mol.